The molecule has 0 aliphatic rings. The summed E-state index contributed by atoms with van der Waals surface area (Å²) in [5, 5.41) is -5.91. The summed E-state index contributed by atoms with van der Waals surface area (Å²) >= 11 is 3.56. The van der Waals surface area contributed by atoms with Crippen molar-refractivity contribution in [3.8, 4) is 0 Å². The van der Waals surface area contributed by atoms with Crippen LogP contribution in [0, 0.1) is 0 Å². The highest BCUT2D eigenvalue weighted by molar-refractivity contribution is 6.22. The van der Waals surface area contributed by atoms with E-state index in [0.29, 0.717) is 0 Å². The summed E-state index contributed by atoms with van der Waals surface area (Å²) in [7, 11) is 0. The molecule has 90 valence electrons. The average Bonchev–Trinajstić information content (AvgIpc) is 2.01. The van der Waals surface area contributed by atoms with E-state index in [1.807, 2.05) is 0 Å². The molecule has 0 atom stereocenters. The first-order valence-corrected chi connectivity index (χ1v) is 3.35. The molecule has 0 unspecified atom stereocenters. The fourth-order valence-electron chi connectivity index (χ4n) is 0.461. The van der Waals surface area contributed by atoms with Gasteiger partial charge in [0.1, 0.15) is 0 Å². The van der Waals surface area contributed by atoms with Gasteiger partial charge in [0.25, 0.3) is 0 Å². The van der Waals surface area contributed by atoms with E-state index in [1.54, 1.807) is 0 Å². The first-order valence-electron chi connectivity index (χ1n) is 2.98. The molecular weight excluding hydrogens is 263 g/mol. The Hall–Kier alpha value is -0.600. The zero-order chi connectivity index (χ0) is 12.7. The van der Waals surface area contributed by atoms with Crippen LogP contribution in [0.5, 0.6) is 0 Å². The van der Waals surface area contributed by atoms with Gasteiger partial charge in [-0.1, -0.05) is 0 Å². The first-order chi connectivity index (χ1) is 6.31. The van der Waals surface area contributed by atoms with Crippen LogP contribution in [0.15, 0.2) is 0 Å². The molecule has 0 aromatic carbocycles. The summed E-state index contributed by atoms with van der Waals surface area (Å²) in [6, 6.07) is 0. The molecule has 0 aliphatic carbocycles. The van der Waals surface area contributed by atoms with Crippen molar-refractivity contribution in [1.29, 1.82) is 0 Å². The predicted molar refractivity (Wildman–Crippen MR) is 31.7 cm³/mol. The summed E-state index contributed by atoms with van der Waals surface area (Å²) in [4.78, 5) is 9.40. The van der Waals surface area contributed by atoms with Gasteiger partial charge in [-0.2, -0.15) is 35.1 Å². The van der Waals surface area contributed by atoms with Gasteiger partial charge in [0.05, 0.1) is 0 Å². The fourth-order valence-corrected chi connectivity index (χ4v) is 0.580. The maximum atomic E-state index is 12.2. The Morgan fingerprint density at radius 1 is 0.800 bits per heavy atom. The van der Waals surface area contributed by atoms with E-state index in [-0.39, 0.29) is 0 Å². The van der Waals surface area contributed by atoms with Crippen LogP contribution in [0.1, 0.15) is 0 Å². The normalized spacial score (nSPS) is 15.3. The molecule has 0 spiro atoms. The SMILES string of the molecule is O=CC(F)(F)C(F)(F)C(F)(F)C(F)(F)Cl. The summed E-state index contributed by atoms with van der Waals surface area (Å²) in [6.45, 7) is 0. The Morgan fingerprint density at radius 2 is 1.13 bits per heavy atom. The van der Waals surface area contributed by atoms with Crippen molar-refractivity contribution in [2.75, 3.05) is 0 Å². The maximum Gasteiger partial charge on any atom is 0.393 e. The van der Waals surface area contributed by atoms with Crippen molar-refractivity contribution in [1.82, 2.24) is 0 Å². The molecule has 10 heteroatoms. The highest BCUT2D eigenvalue weighted by Gasteiger charge is 2.80. The van der Waals surface area contributed by atoms with Crippen molar-refractivity contribution in [3.05, 3.63) is 0 Å². The van der Waals surface area contributed by atoms with E-state index in [1.165, 1.54) is 0 Å². The van der Waals surface area contributed by atoms with Crippen LogP contribution < -0.4 is 0 Å². The summed E-state index contributed by atoms with van der Waals surface area (Å²) < 4.78 is 96.0. The Morgan fingerprint density at radius 3 is 1.33 bits per heavy atom. The zero-order valence-electron chi connectivity index (χ0n) is 6.39. The quantitative estimate of drug-likeness (QED) is 0.433. The molecule has 0 aromatic heterocycles. The van der Waals surface area contributed by atoms with Gasteiger partial charge in [-0.3, -0.25) is 4.79 Å². The van der Waals surface area contributed by atoms with Crippen LogP contribution in [0.2, 0.25) is 0 Å². The van der Waals surface area contributed by atoms with Crippen molar-refractivity contribution in [2.24, 2.45) is 0 Å². The Kier molecular flexibility index (Phi) is 3.32. The van der Waals surface area contributed by atoms with Crippen molar-refractivity contribution < 1.29 is 39.9 Å². The second-order valence-electron chi connectivity index (χ2n) is 2.39. The van der Waals surface area contributed by atoms with Gasteiger partial charge in [-0.25, -0.2) is 0 Å². The van der Waals surface area contributed by atoms with Crippen LogP contribution in [0.3, 0.4) is 0 Å². The molecule has 0 aromatic rings. The topological polar surface area (TPSA) is 17.1 Å². The van der Waals surface area contributed by atoms with Gasteiger partial charge in [0.15, 0.2) is 6.29 Å². The summed E-state index contributed by atoms with van der Waals surface area (Å²) in [5.74, 6) is -19.1. The number of aldehydes is 1. The number of carbonyl (C=O) groups excluding carboxylic acids is 1. The molecule has 0 N–H and O–H groups in total. The molecule has 0 bridgehead atoms. The van der Waals surface area contributed by atoms with Gasteiger partial charge in [0.2, 0.25) is 0 Å². The lowest BCUT2D eigenvalue weighted by Gasteiger charge is -2.31. The Bertz CT molecular complexity index is 256. The van der Waals surface area contributed by atoms with Crippen LogP contribution in [0.25, 0.3) is 0 Å². The molecule has 0 radical (unpaired) electrons. The third kappa shape index (κ3) is 2.01. The number of hydrogen-bond acceptors (Lipinski definition) is 1. The smallest absolute Gasteiger partial charge is 0.296 e. The van der Waals surface area contributed by atoms with E-state index in [0.717, 1.165) is 0 Å². The molecule has 0 amide bonds. The lowest BCUT2D eigenvalue weighted by atomic mass is 10.1. The zero-order valence-corrected chi connectivity index (χ0v) is 7.14. The average molecular weight is 264 g/mol. The van der Waals surface area contributed by atoms with E-state index < -0.39 is 29.4 Å². The van der Waals surface area contributed by atoms with Crippen LogP contribution in [0.4, 0.5) is 35.1 Å². The molecule has 15 heavy (non-hydrogen) atoms. The third-order valence-electron chi connectivity index (χ3n) is 1.32. The standard InChI is InChI=1S/C5HClF8O/c6-5(13,14)4(11,12)3(9,10)2(7,8)1-15/h1H. The number of hydrogen-bond donors (Lipinski definition) is 0. The second-order valence-corrected chi connectivity index (χ2v) is 2.86. The molecule has 0 aliphatic heterocycles. The molecule has 0 saturated carbocycles. The highest BCUT2D eigenvalue weighted by Crippen LogP contribution is 2.53. The van der Waals surface area contributed by atoms with E-state index in [4.69, 9.17) is 0 Å². The van der Waals surface area contributed by atoms with Crippen LogP contribution in [-0.4, -0.2) is 29.4 Å². The minimum absolute atomic E-state index is 1.86. The molecule has 0 heterocycles. The lowest BCUT2D eigenvalue weighted by Crippen LogP contribution is -2.61. The van der Waals surface area contributed by atoms with Crippen molar-refractivity contribution >= 4 is 17.9 Å². The molecule has 0 fully saturated rings. The number of rotatable bonds is 4. The first kappa shape index (κ1) is 14.4. The van der Waals surface area contributed by atoms with Gasteiger partial charge in [-0.05, 0) is 11.6 Å². The molecular formula is C5HClF8O. The highest BCUT2D eigenvalue weighted by atomic mass is 35.5. The third-order valence-corrected chi connectivity index (χ3v) is 1.55. The van der Waals surface area contributed by atoms with Gasteiger partial charge in [0, 0.05) is 0 Å². The lowest BCUT2D eigenvalue weighted by molar-refractivity contribution is -0.334. The number of carbonyl (C=O) groups is 1. The number of halogens is 9. The van der Waals surface area contributed by atoms with E-state index in [9.17, 15) is 39.9 Å². The van der Waals surface area contributed by atoms with E-state index in [2.05, 4.69) is 11.6 Å². The second kappa shape index (κ2) is 3.46. The van der Waals surface area contributed by atoms with Crippen molar-refractivity contribution in [2.45, 2.75) is 23.1 Å². The van der Waals surface area contributed by atoms with E-state index >= 15 is 0 Å². The predicted octanol–water partition coefficient (Wildman–Crippen LogP) is 2.92. The molecule has 0 rings (SSSR count). The van der Waals surface area contributed by atoms with Gasteiger partial charge in [-0.15, -0.1) is 0 Å². The Balaban J connectivity index is 5.47. The summed E-state index contributed by atoms with van der Waals surface area (Å²) in [5.41, 5.74) is 0. The minimum atomic E-state index is -6.59. The maximum absolute atomic E-state index is 12.2. The van der Waals surface area contributed by atoms with Gasteiger partial charge < -0.3 is 0 Å². The minimum Gasteiger partial charge on any atom is -0.296 e. The largest absolute Gasteiger partial charge is 0.393 e. The monoisotopic (exact) mass is 264 g/mol. The summed E-state index contributed by atoms with van der Waals surface area (Å²) in [6.07, 6.45) is -1.86. The molecule has 0 saturated heterocycles. The van der Waals surface area contributed by atoms with Crippen molar-refractivity contribution in [3.63, 3.8) is 0 Å². The van der Waals surface area contributed by atoms with Crippen LogP contribution in [-0.2, 0) is 4.79 Å². The molecule has 1 nitrogen and oxygen atoms in total. The number of alkyl halides is 9. The Labute approximate surface area is 82.0 Å². The fraction of sp³-hybridized carbons (Fsp3) is 0.800. The van der Waals surface area contributed by atoms with Crippen LogP contribution >= 0.6 is 11.6 Å². The van der Waals surface area contributed by atoms with Gasteiger partial charge >= 0.3 is 23.1 Å².